The van der Waals surface area contributed by atoms with Crippen LogP contribution in [0.15, 0.2) is 54.6 Å². The lowest BCUT2D eigenvalue weighted by Crippen LogP contribution is -2.02. The van der Waals surface area contributed by atoms with Crippen molar-refractivity contribution < 1.29 is 8.78 Å². The van der Waals surface area contributed by atoms with Crippen molar-refractivity contribution in [2.45, 2.75) is 0 Å². The second-order valence-electron chi connectivity index (χ2n) is 4.83. The van der Waals surface area contributed by atoms with Crippen LogP contribution in [0.1, 0.15) is 0 Å². The van der Waals surface area contributed by atoms with E-state index in [2.05, 4.69) is 20.6 Å². The second kappa shape index (κ2) is 6.39. The van der Waals surface area contributed by atoms with E-state index < -0.39 is 11.6 Å². The Morgan fingerprint density at radius 2 is 1.65 bits per heavy atom. The Hall–Kier alpha value is -3.02. The van der Waals surface area contributed by atoms with Gasteiger partial charge in [0.25, 0.3) is 0 Å². The molecule has 0 aliphatic heterocycles. The van der Waals surface area contributed by atoms with Gasteiger partial charge in [0.1, 0.15) is 5.82 Å². The van der Waals surface area contributed by atoms with Gasteiger partial charge in [-0.1, -0.05) is 30.3 Å². The van der Waals surface area contributed by atoms with E-state index in [4.69, 9.17) is 0 Å². The Morgan fingerprint density at radius 3 is 2.35 bits per heavy atom. The van der Waals surface area contributed by atoms with Crippen LogP contribution in [-0.4, -0.2) is 17.0 Å². The molecule has 1 heterocycles. The van der Waals surface area contributed by atoms with Gasteiger partial charge in [0, 0.05) is 30.4 Å². The molecule has 0 radical (unpaired) electrons. The zero-order chi connectivity index (χ0) is 16.2. The largest absolute Gasteiger partial charge is 0.357 e. The molecule has 3 rings (SSSR count). The second-order valence-corrected chi connectivity index (χ2v) is 4.83. The van der Waals surface area contributed by atoms with Gasteiger partial charge < -0.3 is 10.6 Å². The molecule has 3 aromatic rings. The molecule has 0 saturated carbocycles. The summed E-state index contributed by atoms with van der Waals surface area (Å²) in [5.74, 6) is -0.897. The molecular formula is C17H14F2N4. The van der Waals surface area contributed by atoms with Crippen LogP contribution >= 0.6 is 0 Å². The zero-order valence-corrected chi connectivity index (χ0v) is 12.3. The minimum Gasteiger partial charge on any atom is -0.357 e. The fraction of sp³-hybridized carbons (Fsp3) is 0.0588. The van der Waals surface area contributed by atoms with Crippen LogP contribution in [0.3, 0.4) is 0 Å². The lowest BCUT2D eigenvalue weighted by Gasteiger charge is -2.10. The van der Waals surface area contributed by atoms with Crippen molar-refractivity contribution >= 4 is 17.5 Å². The Bertz CT molecular complexity index is 822. The first kappa shape index (κ1) is 14.9. The molecule has 0 aliphatic rings. The van der Waals surface area contributed by atoms with Gasteiger partial charge in [-0.15, -0.1) is 0 Å². The van der Waals surface area contributed by atoms with Crippen LogP contribution < -0.4 is 10.6 Å². The van der Waals surface area contributed by atoms with Crippen molar-refractivity contribution in [3.63, 3.8) is 0 Å². The maximum atomic E-state index is 13.3. The number of rotatable bonds is 4. The summed E-state index contributed by atoms with van der Waals surface area (Å²) in [5.41, 5.74) is 2.05. The van der Waals surface area contributed by atoms with E-state index in [9.17, 15) is 8.78 Å². The lowest BCUT2D eigenvalue weighted by atomic mass is 10.1. The summed E-state index contributed by atoms with van der Waals surface area (Å²) >= 11 is 0. The predicted molar refractivity (Wildman–Crippen MR) is 86.7 cm³/mol. The smallest absolute Gasteiger partial charge is 0.224 e. The number of aromatic nitrogens is 2. The summed E-state index contributed by atoms with van der Waals surface area (Å²) in [4.78, 5) is 8.67. The summed E-state index contributed by atoms with van der Waals surface area (Å²) < 4.78 is 26.3. The summed E-state index contributed by atoms with van der Waals surface area (Å²) in [6.45, 7) is 0. The molecule has 116 valence electrons. The van der Waals surface area contributed by atoms with Gasteiger partial charge in [0.15, 0.2) is 11.6 Å². The van der Waals surface area contributed by atoms with Gasteiger partial charge in [-0.2, -0.15) is 4.98 Å². The quantitative estimate of drug-likeness (QED) is 0.758. The Morgan fingerprint density at radius 1 is 0.870 bits per heavy atom. The summed E-state index contributed by atoms with van der Waals surface area (Å²) in [6, 6.07) is 15.0. The minimum atomic E-state index is -0.916. The molecule has 2 N–H and O–H groups in total. The number of hydrogen-bond donors (Lipinski definition) is 2. The topological polar surface area (TPSA) is 49.8 Å². The third kappa shape index (κ3) is 3.42. The normalized spacial score (nSPS) is 10.4. The zero-order valence-electron chi connectivity index (χ0n) is 12.3. The molecular weight excluding hydrogens is 298 g/mol. The third-order valence-corrected chi connectivity index (χ3v) is 3.21. The standard InChI is InChI=1S/C17H14F2N4/c1-20-17-22-15(11-5-3-2-4-6-11)10-16(23-17)21-12-7-8-13(18)14(19)9-12/h2-10H,1H3,(H2,20,21,22,23). The van der Waals surface area contributed by atoms with Gasteiger partial charge in [0.2, 0.25) is 5.95 Å². The van der Waals surface area contributed by atoms with E-state index in [1.54, 1.807) is 13.1 Å². The van der Waals surface area contributed by atoms with E-state index in [1.807, 2.05) is 30.3 Å². The molecule has 6 heteroatoms. The fourth-order valence-corrected chi connectivity index (χ4v) is 2.10. The number of nitrogens with one attached hydrogen (secondary N) is 2. The first-order valence-corrected chi connectivity index (χ1v) is 7.00. The molecule has 0 bridgehead atoms. The summed E-state index contributed by atoms with van der Waals surface area (Å²) in [7, 11) is 1.71. The van der Waals surface area contributed by atoms with Crippen LogP contribution in [0.25, 0.3) is 11.3 Å². The molecule has 0 atom stereocenters. The lowest BCUT2D eigenvalue weighted by molar-refractivity contribution is 0.509. The highest BCUT2D eigenvalue weighted by Crippen LogP contribution is 2.24. The van der Waals surface area contributed by atoms with E-state index in [1.165, 1.54) is 6.07 Å². The number of nitrogens with zero attached hydrogens (tertiary/aromatic N) is 2. The molecule has 4 nitrogen and oxygen atoms in total. The minimum absolute atomic E-state index is 0.406. The van der Waals surface area contributed by atoms with Crippen LogP contribution in [0.2, 0.25) is 0 Å². The monoisotopic (exact) mass is 312 g/mol. The SMILES string of the molecule is CNc1nc(Nc2ccc(F)c(F)c2)cc(-c2ccccc2)n1. The van der Waals surface area contributed by atoms with Crippen LogP contribution in [0.4, 0.5) is 26.2 Å². The highest BCUT2D eigenvalue weighted by molar-refractivity contribution is 5.67. The highest BCUT2D eigenvalue weighted by Gasteiger charge is 2.08. The maximum Gasteiger partial charge on any atom is 0.224 e. The van der Waals surface area contributed by atoms with Crippen molar-refractivity contribution in [3.8, 4) is 11.3 Å². The molecule has 0 fully saturated rings. The average molecular weight is 312 g/mol. The van der Waals surface area contributed by atoms with Crippen molar-refractivity contribution in [3.05, 3.63) is 66.2 Å². The molecule has 1 aromatic heterocycles. The van der Waals surface area contributed by atoms with E-state index >= 15 is 0 Å². The Kier molecular flexibility index (Phi) is 4.14. The third-order valence-electron chi connectivity index (χ3n) is 3.21. The van der Waals surface area contributed by atoms with Gasteiger partial charge in [-0.05, 0) is 12.1 Å². The van der Waals surface area contributed by atoms with Gasteiger partial charge in [-0.3, -0.25) is 0 Å². The number of benzene rings is 2. The van der Waals surface area contributed by atoms with Gasteiger partial charge in [0.05, 0.1) is 5.69 Å². The average Bonchev–Trinajstić information content (AvgIpc) is 2.58. The summed E-state index contributed by atoms with van der Waals surface area (Å²) in [6.07, 6.45) is 0. The van der Waals surface area contributed by atoms with Gasteiger partial charge >= 0.3 is 0 Å². The number of anilines is 3. The predicted octanol–water partition coefficient (Wildman–Crippen LogP) is 4.21. The molecule has 0 aliphatic carbocycles. The van der Waals surface area contributed by atoms with Crippen molar-refractivity contribution in [2.24, 2.45) is 0 Å². The van der Waals surface area contributed by atoms with Gasteiger partial charge in [-0.25, -0.2) is 13.8 Å². The summed E-state index contributed by atoms with van der Waals surface area (Å²) in [5, 5.41) is 5.85. The Balaban J connectivity index is 1.97. The van der Waals surface area contributed by atoms with Crippen molar-refractivity contribution in [1.82, 2.24) is 9.97 Å². The highest BCUT2D eigenvalue weighted by atomic mass is 19.2. The van der Waals surface area contributed by atoms with Crippen molar-refractivity contribution in [1.29, 1.82) is 0 Å². The Labute approximate surface area is 132 Å². The maximum absolute atomic E-state index is 13.3. The van der Waals surface area contributed by atoms with E-state index in [0.29, 0.717) is 17.5 Å². The first-order valence-electron chi connectivity index (χ1n) is 7.00. The van der Waals surface area contributed by atoms with Crippen LogP contribution in [0.5, 0.6) is 0 Å². The van der Waals surface area contributed by atoms with E-state index in [0.717, 1.165) is 23.4 Å². The van der Waals surface area contributed by atoms with Crippen LogP contribution in [0, 0.1) is 11.6 Å². The fourth-order valence-electron chi connectivity index (χ4n) is 2.10. The molecule has 0 unspecified atom stereocenters. The van der Waals surface area contributed by atoms with Crippen molar-refractivity contribution in [2.75, 3.05) is 17.7 Å². The molecule has 0 saturated heterocycles. The number of hydrogen-bond acceptors (Lipinski definition) is 4. The molecule has 0 spiro atoms. The molecule has 0 amide bonds. The van der Waals surface area contributed by atoms with E-state index in [-0.39, 0.29) is 0 Å². The molecule has 23 heavy (non-hydrogen) atoms. The molecule has 2 aromatic carbocycles. The first-order chi connectivity index (χ1) is 11.2. The number of halogens is 2. The van der Waals surface area contributed by atoms with Crippen LogP contribution in [-0.2, 0) is 0 Å².